The SMILES string of the molecule is C[C@](O)(c1cccnc1)C1CCNCC1. The topological polar surface area (TPSA) is 45.2 Å². The zero-order valence-electron chi connectivity index (χ0n) is 9.11. The van der Waals surface area contributed by atoms with Gasteiger partial charge in [-0.1, -0.05) is 6.07 Å². The van der Waals surface area contributed by atoms with Crippen LogP contribution in [0.25, 0.3) is 0 Å². The highest BCUT2D eigenvalue weighted by Crippen LogP contribution is 2.34. The van der Waals surface area contributed by atoms with Gasteiger partial charge in [0.2, 0.25) is 0 Å². The average Bonchev–Trinajstić information content (AvgIpc) is 2.31. The van der Waals surface area contributed by atoms with Crippen LogP contribution in [0.5, 0.6) is 0 Å². The Morgan fingerprint density at radius 1 is 1.47 bits per heavy atom. The Morgan fingerprint density at radius 3 is 2.80 bits per heavy atom. The van der Waals surface area contributed by atoms with Gasteiger partial charge in [-0.3, -0.25) is 4.98 Å². The average molecular weight is 206 g/mol. The molecule has 1 aliphatic rings. The van der Waals surface area contributed by atoms with E-state index in [9.17, 15) is 5.11 Å². The summed E-state index contributed by atoms with van der Waals surface area (Å²) in [6.07, 6.45) is 5.56. The Morgan fingerprint density at radius 2 is 2.20 bits per heavy atom. The van der Waals surface area contributed by atoms with Crippen molar-refractivity contribution in [3.8, 4) is 0 Å². The summed E-state index contributed by atoms with van der Waals surface area (Å²) < 4.78 is 0. The van der Waals surface area contributed by atoms with Gasteiger partial charge < -0.3 is 10.4 Å². The number of hydrogen-bond donors (Lipinski definition) is 2. The minimum absolute atomic E-state index is 0.336. The van der Waals surface area contributed by atoms with Crippen LogP contribution in [0.2, 0.25) is 0 Å². The molecule has 1 aromatic rings. The molecule has 1 saturated heterocycles. The Bertz CT molecular complexity index is 305. The highest BCUT2D eigenvalue weighted by atomic mass is 16.3. The first-order valence-electron chi connectivity index (χ1n) is 5.55. The van der Waals surface area contributed by atoms with Gasteiger partial charge in [-0.15, -0.1) is 0 Å². The Labute approximate surface area is 90.5 Å². The quantitative estimate of drug-likeness (QED) is 0.766. The van der Waals surface area contributed by atoms with Crippen molar-refractivity contribution in [1.29, 1.82) is 0 Å². The molecule has 0 bridgehead atoms. The van der Waals surface area contributed by atoms with Crippen LogP contribution in [0.1, 0.15) is 25.3 Å². The normalized spacial score (nSPS) is 22.3. The second-order valence-electron chi connectivity index (χ2n) is 4.41. The van der Waals surface area contributed by atoms with Gasteiger partial charge in [-0.25, -0.2) is 0 Å². The molecule has 1 aliphatic heterocycles. The highest BCUT2D eigenvalue weighted by molar-refractivity contribution is 5.18. The fourth-order valence-corrected chi connectivity index (χ4v) is 2.28. The van der Waals surface area contributed by atoms with Crippen molar-refractivity contribution in [2.45, 2.75) is 25.4 Å². The summed E-state index contributed by atoms with van der Waals surface area (Å²) in [7, 11) is 0. The molecule has 0 saturated carbocycles. The van der Waals surface area contributed by atoms with E-state index < -0.39 is 5.60 Å². The van der Waals surface area contributed by atoms with E-state index in [1.165, 1.54) is 0 Å². The summed E-state index contributed by atoms with van der Waals surface area (Å²) in [4.78, 5) is 4.07. The van der Waals surface area contributed by atoms with Crippen molar-refractivity contribution in [1.82, 2.24) is 10.3 Å². The Balaban J connectivity index is 2.18. The van der Waals surface area contributed by atoms with Crippen molar-refractivity contribution >= 4 is 0 Å². The van der Waals surface area contributed by atoms with E-state index in [-0.39, 0.29) is 0 Å². The van der Waals surface area contributed by atoms with Gasteiger partial charge in [0.25, 0.3) is 0 Å². The number of hydrogen-bond acceptors (Lipinski definition) is 3. The maximum atomic E-state index is 10.5. The molecule has 82 valence electrons. The third-order valence-electron chi connectivity index (χ3n) is 3.38. The smallest absolute Gasteiger partial charge is 0.0912 e. The van der Waals surface area contributed by atoms with E-state index in [1.54, 1.807) is 12.4 Å². The summed E-state index contributed by atoms with van der Waals surface area (Å²) in [5.74, 6) is 0.336. The molecular formula is C12H18N2O. The molecule has 2 heterocycles. The molecule has 2 rings (SSSR count). The van der Waals surface area contributed by atoms with E-state index in [4.69, 9.17) is 0 Å². The monoisotopic (exact) mass is 206 g/mol. The highest BCUT2D eigenvalue weighted by Gasteiger charge is 2.34. The van der Waals surface area contributed by atoms with Crippen molar-refractivity contribution in [2.24, 2.45) is 5.92 Å². The summed E-state index contributed by atoms with van der Waals surface area (Å²) in [5, 5.41) is 13.9. The van der Waals surface area contributed by atoms with Crippen LogP contribution >= 0.6 is 0 Å². The largest absolute Gasteiger partial charge is 0.385 e. The van der Waals surface area contributed by atoms with Crippen LogP contribution in [0.3, 0.4) is 0 Å². The first-order valence-corrected chi connectivity index (χ1v) is 5.55. The number of aliphatic hydroxyl groups is 1. The molecule has 0 amide bonds. The molecule has 1 atom stereocenters. The second-order valence-corrected chi connectivity index (χ2v) is 4.41. The number of rotatable bonds is 2. The molecular weight excluding hydrogens is 188 g/mol. The van der Waals surface area contributed by atoms with E-state index >= 15 is 0 Å². The van der Waals surface area contributed by atoms with Crippen LogP contribution in [-0.4, -0.2) is 23.2 Å². The van der Waals surface area contributed by atoms with Gasteiger partial charge >= 0.3 is 0 Å². The van der Waals surface area contributed by atoms with E-state index in [0.717, 1.165) is 31.5 Å². The van der Waals surface area contributed by atoms with Crippen molar-refractivity contribution in [3.05, 3.63) is 30.1 Å². The van der Waals surface area contributed by atoms with E-state index in [2.05, 4.69) is 10.3 Å². The van der Waals surface area contributed by atoms with Gasteiger partial charge in [0.05, 0.1) is 5.60 Å². The molecule has 1 aromatic heterocycles. The number of pyridine rings is 1. The third kappa shape index (κ3) is 2.19. The van der Waals surface area contributed by atoms with Gasteiger partial charge in [-0.05, 0) is 44.8 Å². The summed E-state index contributed by atoms with van der Waals surface area (Å²) in [5.41, 5.74) is 0.188. The lowest BCUT2D eigenvalue weighted by molar-refractivity contribution is -0.0189. The van der Waals surface area contributed by atoms with Gasteiger partial charge in [-0.2, -0.15) is 0 Å². The zero-order chi connectivity index (χ0) is 10.7. The van der Waals surface area contributed by atoms with Crippen molar-refractivity contribution in [3.63, 3.8) is 0 Å². The standard InChI is InChI=1S/C12H18N2O/c1-12(15,10-4-7-13-8-5-10)11-3-2-6-14-9-11/h2-3,6,9-10,13,15H,4-5,7-8H2,1H3/t12-/m1/s1. The first kappa shape index (κ1) is 10.6. The number of nitrogens with one attached hydrogen (secondary N) is 1. The van der Waals surface area contributed by atoms with Crippen molar-refractivity contribution in [2.75, 3.05) is 13.1 Å². The minimum Gasteiger partial charge on any atom is -0.385 e. The molecule has 0 aromatic carbocycles. The number of aromatic nitrogens is 1. The number of nitrogens with zero attached hydrogens (tertiary/aromatic N) is 1. The van der Waals surface area contributed by atoms with Crippen molar-refractivity contribution < 1.29 is 5.11 Å². The molecule has 15 heavy (non-hydrogen) atoms. The first-order chi connectivity index (χ1) is 7.21. The molecule has 0 aliphatic carbocycles. The molecule has 1 fully saturated rings. The number of piperidine rings is 1. The predicted molar refractivity (Wildman–Crippen MR) is 59.4 cm³/mol. The second kappa shape index (κ2) is 4.29. The molecule has 2 N–H and O–H groups in total. The maximum absolute atomic E-state index is 10.5. The van der Waals surface area contributed by atoms with Gasteiger partial charge in [0, 0.05) is 18.0 Å². The summed E-state index contributed by atoms with van der Waals surface area (Å²) in [6, 6.07) is 3.83. The minimum atomic E-state index is -0.740. The van der Waals surface area contributed by atoms with Crippen LogP contribution in [-0.2, 0) is 5.60 Å². The summed E-state index contributed by atoms with van der Waals surface area (Å²) >= 11 is 0. The van der Waals surface area contributed by atoms with E-state index in [0.29, 0.717) is 5.92 Å². The molecule has 0 spiro atoms. The lowest BCUT2D eigenvalue weighted by Gasteiger charge is -2.36. The van der Waals surface area contributed by atoms with Gasteiger partial charge in [0.1, 0.15) is 0 Å². The fourth-order valence-electron chi connectivity index (χ4n) is 2.28. The fraction of sp³-hybridized carbons (Fsp3) is 0.583. The van der Waals surface area contributed by atoms with Gasteiger partial charge in [0.15, 0.2) is 0 Å². The van der Waals surface area contributed by atoms with E-state index in [1.807, 2.05) is 19.1 Å². The van der Waals surface area contributed by atoms with Crippen LogP contribution in [0.15, 0.2) is 24.5 Å². The lowest BCUT2D eigenvalue weighted by atomic mass is 9.78. The molecule has 0 radical (unpaired) electrons. The van der Waals surface area contributed by atoms with Crippen LogP contribution < -0.4 is 5.32 Å². The molecule has 3 nitrogen and oxygen atoms in total. The third-order valence-corrected chi connectivity index (χ3v) is 3.38. The molecule has 0 unspecified atom stereocenters. The van der Waals surface area contributed by atoms with Crippen LogP contribution in [0.4, 0.5) is 0 Å². The maximum Gasteiger partial charge on any atom is 0.0912 e. The predicted octanol–water partition coefficient (Wildman–Crippen LogP) is 1.29. The Kier molecular flexibility index (Phi) is 3.03. The Hall–Kier alpha value is -0.930. The molecule has 3 heteroatoms. The summed E-state index contributed by atoms with van der Waals surface area (Å²) in [6.45, 7) is 3.90. The van der Waals surface area contributed by atoms with Crippen LogP contribution in [0, 0.1) is 5.92 Å². The lowest BCUT2D eigenvalue weighted by Crippen LogP contribution is -2.39. The zero-order valence-corrected chi connectivity index (χ0v) is 9.11.